The fourth-order valence-corrected chi connectivity index (χ4v) is 1.23. The molecule has 0 aliphatic rings. The number of alkyl carbamates (subject to hydrolysis) is 1. The van der Waals surface area contributed by atoms with Crippen LogP contribution in [0.25, 0.3) is 0 Å². The second-order valence-electron chi connectivity index (χ2n) is 3.31. The number of nitrogens with two attached hydrogens (primary N) is 1. The maximum Gasteiger partial charge on any atom is 0.416 e. The molecule has 0 radical (unpaired) electrons. The highest BCUT2D eigenvalue weighted by Gasteiger charge is 2.30. The van der Waals surface area contributed by atoms with Gasteiger partial charge in [-0.15, -0.1) is 0 Å². The van der Waals surface area contributed by atoms with Gasteiger partial charge in [0.2, 0.25) is 0 Å². The van der Waals surface area contributed by atoms with Crippen LogP contribution in [0.3, 0.4) is 0 Å². The minimum Gasteiger partial charge on any atom is -0.453 e. The quantitative estimate of drug-likeness (QED) is 0.788. The average molecular weight is 248 g/mol. The highest BCUT2D eigenvalue weighted by Crippen LogP contribution is 2.31. The van der Waals surface area contributed by atoms with E-state index in [2.05, 4.69) is 10.1 Å². The lowest BCUT2D eigenvalue weighted by Gasteiger charge is -2.10. The van der Waals surface area contributed by atoms with Gasteiger partial charge in [-0.3, -0.25) is 0 Å². The van der Waals surface area contributed by atoms with Crippen molar-refractivity contribution in [3.63, 3.8) is 0 Å². The first-order chi connectivity index (χ1) is 7.82. The van der Waals surface area contributed by atoms with Crippen LogP contribution < -0.4 is 11.1 Å². The van der Waals surface area contributed by atoms with Gasteiger partial charge >= 0.3 is 12.3 Å². The highest BCUT2D eigenvalue weighted by atomic mass is 19.4. The molecule has 3 N–H and O–H groups in total. The molecule has 0 saturated carbocycles. The van der Waals surface area contributed by atoms with E-state index in [0.717, 1.165) is 19.2 Å². The Labute approximate surface area is 95.6 Å². The predicted molar refractivity (Wildman–Crippen MR) is 55.1 cm³/mol. The van der Waals surface area contributed by atoms with Gasteiger partial charge in [0.1, 0.15) is 0 Å². The van der Waals surface area contributed by atoms with Crippen molar-refractivity contribution in [1.82, 2.24) is 5.32 Å². The van der Waals surface area contributed by atoms with Crippen LogP contribution in [0.15, 0.2) is 18.2 Å². The molecule has 94 valence electrons. The van der Waals surface area contributed by atoms with Gasteiger partial charge in [-0.25, -0.2) is 4.79 Å². The van der Waals surface area contributed by atoms with Crippen molar-refractivity contribution in [1.29, 1.82) is 0 Å². The average Bonchev–Trinajstić information content (AvgIpc) is 2.24. The van der Waals surface area contributed by atoms with Crippen molar-refractivity contribution >= 4 is 11.8 Å². The Morgan fingerprint density at radius 1 is 1.41 bits per heavy atom. The number of halogens is 3. The number of anilines is 1. The normalized spacial score (nSPS) is 11.1. The Morgan fingerprint density at radius 2 is 2.06 bits per heavy atom. The third kappa shape index (κ3) is 3.86. The highest BCUT2D eigenvalue weighted by molar-refractivity contribution is 5.67. The van der Waals surface area contributed by atoms with Crippen molar-refractivity contribution in [2.75, 3.05) is 12.8 Å². The van der Waals surface area contributed by atoms with Crippen molar-refractivity contribution < 1.29 is 22.7 Å². The molecular weight excluding hydrogens is 237 g/mol. The molecule has 0 bridgehead atoms. The molecule has 0 fully saturated rings. The lowest BCUT2D eigenvalue weighted by atomic mass is 10.1. The van der Waals surface area contributed by atoms with Gasteiger partial charge in [-0.2, -0.15) is 13.2 Å². The fourth-order valence-electron chi connectivity index (χ4n) is 1.23. The molecule has 4 nitrogen and oxygen atoms in total. The molecule has 0 aliphatic carbocycles. The molecule has 0 aromatic heterocycles. The van der Waals surface area contributed by atoms with Crippen LogP contribution in [0.1, 0.15) is 11.1 Å². The Kier molecular flexibility index (Phi) is 3.82. The summed E-state index contributed by atoms with van der Waals surface area (Å²) in [5.41, 5.74) is 4.74. The summed E-state index contributed by atoms with van der Waals surface area (Å²) in [5.74, 6) is 0. The van der Waals surface area contributed by atoms with Gasteiger partial charge in [-0.1, -0.05) is 0 Å². The number of rotatable bonds is 2. The molecule has 0 heterocycles. The van der Waals surface area contributed by atoms with Gasteiger partial charge in [0.15, 0.2) is 0 Å². The lowest BCUT2D eigenvalue weighted by molar-refractivity contribution is -0.137. The number of hydrogen-bond donors (Lipinski definition) is 2. The number of hydrogen-bond acceptors (Lipinski definition) is 3. The molecule has 0 spiro atoms. The number of methoxy groups -OCH3 is 1. The number of carbonyl (C=O) groups is 1. The van der Waals surface area contributed by atoms with Gasteiger partial charge in [0.05, 0.1) is 12.7 Å². The number of ether oxygens (including phenoxy) is 1. The Bertz CT molecular complexity index is 419. The first kappa shape index (κ1) is 13.1. The Hall–Kier alpha value is -1.92. The smallest absolute Gasteiger partial charge is 0.416 e. The molecule has 0 atom stereocenters. The van der Waals surface area contributed by atoms with Crippen LogP contribution in [-0.2, 0) is 17.5 Å². The van der Waals surface area contributed by atoms with Crippen LogP contribution >= 0.6 is 0 Å². The van der Waals surface area contributed by atoms with Crippen molar-refractivity contribution in [2.24, 2.45) is 0 Å². The molecule has 0 saturated heterocycles. The zero-order valence-electron chi connectivity index (χ0n) is 8.97. The van der Waals surface area contributed by atoms with E-state index in [1.54, 1.807) is 0 Å². The first-order valence-corrected chi connectivity index (χ1v) is 4.61. The number of amides is 1. The van der Waals surface area contributed by atoms with E-state index < -0.39 is 17.8 Å². The SMILES string of the molecule is COC(=O)NCc1cc(N)cc(C(F)(F)F)c1. The van der Waals surface area contributed by atoms with E-state index in [4.69, 9.17) is 5.73 Å². The fraction of sp³-hybridized carbons (Fsp3) is 0.300. The van der Waals surface area contributed by atoms with E-state index in [0.29, 0.717) is 0 Å². The number of benzene rings is 1. The number of nitrogen functional groups attached to an aromatic ring is 1. The number of nitrogens with one attached hydrogen (secondary N) is 1. The topological polar surface area (TPSA) is 64.3 Å². The maximum atomic E-state index is 12.4. The summed E-state index contributed by atoms with van der Waals surface area (Å²) in [6.07, 6.45) is -5.18. The van der Waals surface area contributed by atoms with E-state index in [1.165, 1.54) is 6.07 Å². The molecule has 1 rings (SSSR count). The van der Waals surface area contributed by atoms with Crippen LogP contribution in [0.5, 0.6) is 0 Å². The largest absolute Gasteiger partial charge is 0.453 e. The molecule has 17 heavy (non-hydrogen) atoms. The first-order valence-electron chi connectivity index (χ1n) is 4.61. The Morgan fingerprint density at radius 3 is 2.59 bits per heavy atom. The van der Waals surface area contributed by atoms with Gasteiger partial charge < -0.3 is 15.8 Å². The molecule has 7 heteroatoms. The third-order valence-corrected chi connectivity index (χ3v) is 1.96. The summed E-state index contributed by atoms with van der Waals surface area (Å²) in [4.78, 5) is 10.8. The summed E-state index contributed by atoms with van der Waals surface area (Å²) in [6.45, 7) is -0.0825. The molecule has 1 aromatic carbocycles. The summed E-state index contributed by atoms with van der Waals surface area (Å²) in [5, 5.41) is 2.27. The van der Waals surface area contributed by atoms with Crippen LogP contribution in [0.2, 0.25) is 0 Å². The van der Waals surface area contributed by atoms with Crippen LogP contribution in [0.4, 0.5) is 23.7 Å². The van der Waals surface area contributed by atoms with Crippen molar-refractivity contribution in [3.05, 3.63) is 29.3 Å². The maximum absolute atomic E-state index is 12.4. The summed E-state index contributed by atoms with van der Waals surface area (Å²) >= 11 is 0. The van der Waals surface area contributed by atoms with Crippen LogP contribution in [-0.4, -0.2) is 13.2 Å². The van der Waals surface area contributed by atoms with Gasteiger partial charge in [0, 0.05) is 12.2 Å². The molecule has 1 aromatic rings. The van der Waals surface area contributed by atoms with Crippen molar-refractivity contribution in [3.8, 4) is 0 Å². The number of carbonyl (C=O) groups excluding carboxylic acids is 1. The van der Waals surface area contributed by atoms with Gasteiger partial charge in [0.25, 0.3) is 0 Å². The monoisotopic (exact) mass is 248 g/mol. The second-order valence-corrected chi connectivity index (χ2v) is 3.31. The molecule has 1 amide bonds. The summed E-state index contributed by atoms with van der Waals surface area (Å²) in [7, 11) is 1.16. The third-order valence-electron chi connectivity index (χ3n) is 1.96. The predicted octanol–water partition coefficient (Wildman–Crippen LogP) is 2.14. The molecular formula is C10H11F3N2O2. The molecule has 0 unspecified atom stereocenters. The minimum atomic E-state index is -4.46. The van der Waals surface area contributed by atoms with Gasteiger partial charge in [-0.05, 0) is 23.8 Å². The van der Waals surface area contributed by atoms with E-state index in [-0.39, 0.29) is 17.8 Å². The zero-order chi connectivity index (χ0) is 13.1. The standard InChI is InChI=1S/C10H11F3N2O2/c1-17-9(16)15-5-6-2-7(10(11,12)13)4-8(14)3-6/h2-4H,5,14H2,1H3,(H,15,16). The molecule has 0 aliphatic heterocycles. The summed E-state index contributed by atoms with van der Waals surface area (Å²) < 4.78 is 41.6. The number of alkyl halides is 3. The Balaban J connectivity index is 2.87. The van der Waals surface area contributed by atoms with E-state index in [9.17, 15) is 18.0 Å². The summed E-state index contributed by atoms with van der Waals surface area (Å²) in [6, 6.07) is 3.11. The van der Waals surface area contributed by atoms with Crippen LogP contribution in [0, 0.1) is 0 Å². The van der Waals surface area contributed by atoms with E-state index >= 15 is 0 Å². The van der Waals surface area contributed by atoms with Crippen molar-refractivity contribution in [2.45, 2.75) is 12.7 Å². The minimum absolute atomic E-state index is 0.0125. The zero-order valence-corrected chi connectivity index (χ0v) is 8.97. The lowest BCUT2D eigenvalue weighted by Crippen LogP contribution is -2.22. The second kappa shape index (κ2) is 4.94. The van der Waals surface area contributed by atoms with E-state index in [1.807, 2.05) is 0 Å².